The highest BCUT2D eigenvalue weighted by molar-refractivity contribution is 6.20. The Kier molecular flexibility index (Phi) is 10.8. The molecule has 0 aliphatic rings. The van der Waals surface area contributed by atoms with Gasteiger partial charge in [0.1, 0.15) is 0 Å². The lowest BCUT2D eigenvalue weighted by Gasteiger charge is -2.10. The molecule has 0 aromatic heterocycles. The van der Waals surface area contributed by atoms with E-state index in [0.717, 1.165) is 44.9 Å². The van der Waals surface area contributed by atoms with Gasteiger partial charge in [-0.2, -0.15) is 0 Å². The average Bonchev–Trinajstić information content (AvgIpc) is 2.30. The third kappa shape index (κ3) is 11.7. The lowest BCUT2D eigenvalue weighted by Crippen LogP contribution is -2.18. The summed E-state index contributed by atoms with van der Waals surface area (Å²) in [5, 5.41) is 8.46. The molecule has 1 amide bonds. The highest BCUT2D eigenvalue weighted by Crippen LogP contribution is 2.10. The van der Waals surface area contributed by atoms with Crippen LogP contribution in [0, 0.1) is 0 Å². The summed E-state index contributed by atoms with van der Waals surface area (Å²) in [6.45, 7) is 2.08. The minimum atomic E-state index is -0.703. The van der Waals surface area contributed by atoms with Crippen LogP contribution in [-0.4, -0.2) is 27.9 Å². The lowest BCUT2D eigenvalue weighted by atomic mass is 10.1. The van der Waals surface area contributed by atoms with Gasteiger partial charge in [-0.3, -0.25) is 14.0 Å². The van der Waals surface area contributed by atoms with Crippen molar-refractivity contribution in [1.82, 2.24) is 4.42 Å². The second-order valence-electron chi connectivity index (χ2n) is 4.58. The quantitative estimate of drug-likeness (QED) is 0.464. The van der Waals surface area contributed by atoms with Crippen LogP contribution in [0.5, 0.6) is 0 Å². The van der Waals surface area contributed by atoms with E-state index in [4.69, 9.17) is 16.9 Å². The number of halogens is 1. The van der Waals surface area contributed by atoms with Gasteiger partial charge in [-0.05, 0) is 12.8 Å². The summed E-state index contributed by atoms with van der Waals surface area (Å²) in [4.78, 5) is 21.1. The molecule has 18 heavy (non-hydrogen) atoms. The van der Waals surface area contributed by atoms with Gasteiger partial charge in [0, 0.05) is 31.7 Å². The molecule has 106 valence electrons. The Morgan fingerprint density at radius 1 is 0.944 bits per heavy atom. The van der Waals surface area contributed by atoms with Gasteiger partial charge >= 0.3 is 5.97 Å². The summed E-state index contributed by atoms with van der Waals surface area (Å²) in [6, 6.07) is 0. The molecule has 5 heteroatoms. The van der Waals surface area contributed by atoms with Crippen LogP contribution in [0.25, 0.3) is 0 Å². The van der Waals surface area contributed by atoms with Crippen molar-refractivity contribution in [3.8, 4) is 0 Å². The fourth-order valence-electron chi connectivity index (χ4n) is 1.74. The average molecular weight is 278 g/mol. The topological polar surface area (TPSA) is 57.6 Å². The van der Waals surface area contributed by atoms with Crippen LogP contribution >= 0.6 is 11.8 Å². The normalized spacial score (nSPS) is 10.3. The Labute approximate surface area is 114 Å². The molecule has 0 aliphatic carbocycles. The van der Waals surface area contributed by atoms with Gasteiger partial charge in [0.15, 0.2) is 0 Å². The Morgan fingerprint density at radius 2 is 1.39 bits per heavy atom. The molecule has 0 fully saturated rings. The number of carbonyl (C=O) groups excluding carboxylic acids is 1. The van der Waals surface area contributed by atoms with E-state index in [0.29, 0.717) is 6.54 Å². The van der Waals surface area contributed by atoms with Crippen LogP contribution in [0.15, 0.2) is 0 Å². The zero-order valence-corrected chi connectivity index (χ0v) is 11.9. The molecule has 4 nitrogen and oxygen atoms in total. The Hall–Kier alpha value is -0.770. The molecular weight excluding hydrogens is 254 g/mol. The van der Waals surface area contributed by atoms with Crippen LogP contribution in [0.1, 0.15) is 64.7 Å². The molecule has 0 aliphatic heterocycles. The maximum absolute atomic E-state index is 10.8. The summed E-state index contributed by atoms with van der Waals surface area (Å²) in [6.07, 6.45) is 8.72. The Morgan fingerprint density at radius 3 is 1.83 bits per heavy atom. The number of nitrogens with zero attached hydrogens (tertiary/aromatic N) is 1. The molecule has 0 aromatic rings. The molecule has 0 aromatic carbocycles. The number of carboxylic acid groups (broad SMARTS) is 1. The minimum Gasteiger partial charge on any atom is -0.481 e. The first-order valence-corrected chi connectivity index (χ1v) is 7.03. The summed E-state index contributed by atoms with van der Waals surface area (Å²) >= 11 is 5.67. The third-order valence-corrected chi connectivity index (χ3v) is 3.24. The van der Waals surface area contributed by atoms with Crippen LogP contribution in [0.2, 0.25) is 0 Å². The van der Waals surface area contributed by atoms with Gasteiger partial charge in [0.25, 0.3) is 0 Å². The van der Waals surface area contributed by atoms with Crippen molar-refractivity contribution in [2.24, 2.45) is 0 Å². The first kappa shape index (κ1) is 17.2. The Balaban J connectivity index is 3.12. The van der Waals surface area contributed by atoms with Crippen molar-refractivity contribution in [3.05, 3.63) is 0 Å². The van der Waals surface area contributed by atoms with Crippen molar-refractivity contribution >= 4 is 23.7 Å². The van der Waals surface area contributed by atoms with Gasteiger partial charge in [0.05, 0.1) is 0 Å². The molecule has 0 unspecified atom stereocenters. The maximum atomic E-state index is 10.8. The van der Waals surface area contributed by atoms with Crippen molar-refractivity contribution in [2.45, 2.75) is 64.7 Å². The summed E-state index contributed by atoms with van der Waals surface area (Å²) < 4.78 is 1.23. The third-order valence-electron chi connectivity index (χ3n) is 2.84. The van der Waals surface area contributed by atoms with E-state index in [1.165, 1.54) is 17.8 Å². The first-order chi connectivity index (χ1) is 8.54. The van der Waals surface area contributed by atoms with Crippen LogP contribution in [-0.2, 0) is 9.59 Å². The van der Waals surface area contributed by atoms with E-state index in [-0.39, 0.29) is 12.3 Å². The summed E-state index contributed by atoms with van der Waals surface area (Å²) in [7, 11) is 0. The van der Waals surface area contributed by atoms with Crippen molar-refractivity contribution in [2.75, 3.05) is 6.54 Å². The van der Waals surface area contributed by atoms with E-state index in [2.05, 4.69) is 0 Å². The fourth-order valence-corrected chi connectivity index (χ4v) is 1.86. The molecule has 0 heterocycles. The molecule has 0 bridgehead atoms. The van der Waals surface area contributed by atoms with Crippen molar-refractivity contribution < 1.29 is 14.7 Å². The maximum Gasteiger partial charge on any atom is 0.303 e. The second kappa shape index (κ2) is 11.3. The fraction of sp³-hybridized carbons (Fsp3) is 0.846. The van der Waals surface area contributed by atoms with Crippen LogP contribution < -0.4 is 0 Å². The van der Waals surface area contributed by atoms with Crippen molar-refractivity contribution in [1.29, 1.82) is 0 Å². The van der Waals surface area contributed by atoms with Gasteiger partial charge in [-0.1, -0.05) is 38.5 Å². The SMILES string of the molecule is CC(=O)N(Cl)CCCCCCCCCCC(=O)O. The van der Waals surface area contributed by atoms with E-state index < -0.39 is 5.97 Å². The number of hydrogen-bond donors (Lipinski definition) is 1. The standard InChI is InChI=1S/C13H24ClNO3/c1-12(16)15(14)11-9-7-5-3-2-4-6-8-10-13(17)18/h2-11H2,1H3,(H,17,18). The Bertz CT molecular complexity index is 246. The number of carbonyl (C=O) groups is 2. The highest BCUT2D eigenvalue weighted by atomic mass is 35.5. The van der Waals surface area contributed by atoms with Gasteiger partial charge < -0.3 is 5.11 Å². The second-order valence-corrected chi connectivity index (χ2v) is 4.99. The van der Waals surface area contributed by atoms with Gasteiger partial charge in [-0.15, -0.1) is 0 Å². The van der Waals surface area contributed by atoms with Gasteiger partial charge in [-0.25, -0.2) is 0 Å². The monoisotopic (exact) mass is 277 g/mol. The van der Waals surface area contributed by atoms with E-state index in [1.807, 2.05) is 0 Å². The predicted octanol–water partition coefficient (Wildman–Crippen LogP) is 3.58. The number of carboxylic acids is 1. The molecule has 0 saturated carbocycles. The largest absolute Gasteiger partial charge is 0.481 e. The predicted molar refractivity (Wildman–Crippen MR) is 72.4 cm³/mol. The zero-order valence-electron chi connectivity index (χ0n) is 11.2. The van der Waals surface area contributed by atoms with Crippen LogP contribution in [0.3, 0.4) is 0 Å². The van der Waals surface area contributed by atoms with E-state index >= 15 is 0 Å². The number of amides is 1. The zero-order chi connectivity index (χ0) is 13.8. The number of rotatable bonds is 11. The number of hydrogen-bond acceptors (Lipinski definition) is 2. The summed E-state index contributed by atoms with van der Waals surface area (Å²) in [5.41, 5.74) is 0. The molecule has 0 rings (SSSR count). The molecule has 0 saturated heterocycles. The summed E-state index contributed by atoms with van der Waals surface area (Å²) in [5.74, 6) is -0.804. The number of aliphatic carboxylic acids is 1. The van der Waals surface area contributed by atoms with E-state index in [9.17, 15) is 9.59 Å². The van der Waals surface area contributed by atoms with Gasteiger partial charge in [0.2, 0.25) is 5.91 Å². The molecular formula is C13H24ClNO3. The molecule has 1 N–H and O–H groups in total. The molecule has 0 atom stereocenters. The minimum absolute atomic E-state index is 0.102. The van der Waals surface area contributed by atoms with E-state index in [1.54, 1.807) is 0 Å². The first-order valence-electron chi connectivity index (χ1n) is 6.69. The van der Waals surface area contributed by atoms with Crippen molar-refractivity contribution in [3.63, 3.8) is 0 Å². The number of unbranched alkanes of at least 4 members (excludes halogenated alkanes) is 7. The highest BCUT2D eigenvalue weighted by Gasteiger charge is 2.03. The lowest BCUT2D eigenvalue weighted by molar-refractivity contribution is -0.137. The molecule has 0 radical (unpaired) electrons. The smallest absolute Gasteiger partial charge is 0.303 e. The van der Waals surface area contributed by atoms with Crippen LogP contribution in [0.4, 0.5) is 0 Å². The molecule has 0 spiro atoms.